The standard InChI is InChI=1S/C23H21FN2O4S/c1-14-19(25-21(30-14)16-7-3-2-4-8-16)13-29-20-11-10-15(12-17(20)24)6-5-9-18-22(27)31-23(28)26-18/h2-4,7-8,10-12,18H,5-6,9,13H2,1H3,(H,26,28). The minimum atomic E-state index is -0.456. The molecule has 1 atom stereocenters. The molecule has 1 unspecified atom stereocenters. The Morgan fingerprint density at radius 2 is 2.00 bits per heavy atom. The summed E-state index contributed by atoms with van der Waals surface area (Å²) in [5.41, 5.74) is 2.28. The van der Waals surface area contributed by atoms with Crippen molar-refractivity contribution in [3.05, 3.63) is 71.4 Å². The maximum Gasteiger partial charge on any atom is 0.287 e. The summed E-state index contributed by atoms with van der Waals surface area (Å²) < 4.78 is 25.8. The first kappa shape index (κ1) is 21.1. The van der Waals surface area contributed by atoms with Gasteiger partial charge in [-0.05, 0) is 56.0 Å². The molecule has 0 radical (unpaired) electrons. The van der Waals surface area contributed by atoms with Crippen LogP contribution in [-0.2, 0) is 17.8 Å². The number of halogens is 1. The zero-order chi connectivity index (χ0) is 21.8. The van der Waals surface area contributed by atoms with E-state index < -0.39 is 11.9 Å². The van der Waals surface area contributed by atoms with Crippen LogP contribution in [0.4, 0.5) is 9.18 Å². The highest BCUT2D eigenvalue weighted by molar-refractivity contribution is 8.26. The SMILES string of the molecule is Cc1oc(-c2ccccc2)nc1COc1ccc(CCCC2NC(=O)SC2=O)cc1F. The van der Waals surface area contributed by atoms with Crippen molar-refractivity contribution in [3.8, 4) is 17.2 Å². The summed E-state index contributed by atoms with van der Waals surface area (Å²) in [6.07, 6.45) is 1.80. The summed E-state index contributed by atoms with van der Waals surface area (Å²) in [7, 11) is 0. The van der Waals surface area contributed by atoms with E-state index in [1.807, 2.05) is 30.3 Å². The molecule has 2 aromatic carbocycles. The van der Waals surface area contributed by atoms with Crippen molar-refractivity contribution < 1.29 is 23.1 Å². The molecule has 3 aromatic rings. The first-order valence-electron chi connectivity index (χ1n) is 9.95. The van der Waals surface area contributed by atoms with Gasteiger partial charge in [0.15, 0.2) is 11.6 Å². The fourth-order valence-electron chi connectivity index (χ4n) is 3.32. The lowest BCUT2D eigenvalue weighted by Crippen LogP contribution is -2.28. The van der Waals surface area contributed by atoms with Crippen LogP contribution in [0.5, 0.6) is 5.75 Å². The van der Waals surface area contributed by atoms with Gasteiger partial charge in [0.2, 0.25) is 11.0 Å². The molecule has 160 valence electrons. The summed E-state index contributed by atoms with van der Waals surface area (Å²) in [5, 5.41) is 2.17. The molecule has 1 aliphatic heterocycles. The minimum absolute atomic E-state index is 0.0968. The van der Waals surface area contributed by atoms with Crippen molar-refractivity contribution in [2.45, 2.75) is 38.8 Å². The number of hydrogen-bond donors (Lipinski definition) is 1. The van der Waals surface area contributed by atoms with Crippen molar-refractivity contribution in [3.63, 3.8) is 0 Å². The predicted octanol–water partition coefficient (Wildman–Crippen LogP) is 5.04. The highest BCUT2D eigenvalue weighted by Gasteiger charge is 2.30. The molecular formula is C23H21FN2O4S. The van der Waals surface area contributed by atoms with Gasteiger partial charge in [0.05, 0.1) is 6.04 Å². The molecule has 2 heterocycles. The second-order valence-electron chi connectivity index (χ2n) is 7.24. The van der Waals surface area contributed by atoms with E-state index in [1.54, 1.807) is 19.1 Å². The number of aromatic nitrogens is 1. The minimum Gasteiger partial charge on any atom is -0.484 e. The largest absolute Gasteiger partial charge is 0.484 e. The van der Waals surface area contributed by atoms with E-state index >= 15 is 0 Å². The van der Waals surface area contributed by atoms with Crippen LogP contribution in [0.15, 0.2) is 52.9 Å². The molecular weight excluding hydrogens is 419 g/mol. The maximum absolute atomic E-state index is 14.5. The molecule has 1 fully saturated rings. The fourth-order valence-corrected chi connectivity index (χ4v) is 4.03. The maximum atomic E-state index is 14.5. The van der Waals surface area contributed by atoms with E-state index in [0.717, 1.165) is 11.1 Å². The van der Waals surface area contributed by atoms with Crippen LogP contribution in [0, 0.1) is 12.7 Å². The third-order valence-corrected chi connectivity index (χ3v) is 5.79. The molecule has 0 bridgehead atoms. The van der Waals surface area contributed by atoms with Crippen molar-refractivity contribution in [1.29, 1.82) is 0 Å². The summed E-state index contributed by atoms with van der Waals surface area (Å²) in [5.74, 6) is 0.815. The lowest BCUT2D eigenvalue weighted by molar-refractivity contribution is -0.112. The monoisotopic (exact) mass is 440 g/mol. The number of oxazole rings is 1. The van der Waals surface area contributed by atoms with Gasteiger partial charge in [0.1, 0.15) is 18.1 Å². The Hall–Kier alpha value is -3.13. The number of thioether (sulfide) groups is 1. The van der Waals surface area contributed by atoms with Crippen LogP contribution in [0.2, 0.25) is 0 Å². The predicted molar refractivity (Wildman–Crippen MR) is 115 cm³/mol. The van der Waals surface area contributed by atoms with E-state index in [-0.39, 0.29) is 22.7 Å². The molecule has 8 heteroatoms. The highest BCUT2D eigenvalue weighted by Crippen LogP contribution is 2.25. The highest BCUT2D eigenvalue weighted by atomic mass is 32.2. The van der Waals surface area contributed by atoms with Gasteiger partial charge in [0.25, 0.3) is 5.24 Å². The van der Waals surface area contributed by atoms with Crippen LogP contribution in [0.3, 0.4) is 0 Å². The summed E-state index contributed by atoms with van der Waals surface area (Å²) >= 11 is 0.707. The molecule has 6 nitrogen and oxygen atoms in total. The molecule has 31 heavy (non-hydrogen) atoms. The molecule has 0 saturated carbocycles. The van der Waals surface area contributed by atoms with Gasteiger partial charge in [-0.2, -0.15) is 0 Å². The zero-order valence-electron chi connectivity index (χ0n) is 16.9. The number of carbonyl (C=O) groups excluding carboxylic acids is 2. The van der Waals surface area contributed by atoms with Crippen molar-refractivity contribution in [1.82, 2.24) is 10.3 Å². The van der Waals surface area contributed by atoms with Crippen molar-refractivity contribution in [2.75, 3.05) is 0 Å². The molecule has 1 N–H and O–H groups in total. The van der Waals surface area contributed by atoms with Gasteiger partial charge in [0, 0.05) is 17.3 Å². The Bertz CT molecular complexity index is 1100. The van der Waals surface area contributed by atoms with Gasteiger partial charge in [-0.25, -0.2) is 9.37 Å². The Morgan fingerprint density at radius 3 is 2.71 bits per heavy atom. The Kier molecular flexibility index (Phi) is 6.36. The van der Waals surface area contributed by atoms with E-state index in [4.69, 9.17) is 9.15 Å². The zero-order valence-corrected chi connectivity index (χ0v) is 17.7. The molecule has 0 spiro atoms. The molecule has 1 aliphatic rings. The number of ether oxygens (including phenoxy) is 1. The Morgan fingerprint density at radius 1 is 1.19 bits per heavy atom. The average molecular weight is 440 g/mol. The number of nitrogens with zero attached hydrogens (tertiary/aromatic N) is 1. The first-order valence-corrected chi connectivity index (χ1v) is 10.8. The van der Waals surface area contributed by atoms with E-state index in [2.05, 4.69) is 10.3 Å². The lowest BCUT2D eigenvalue weighted by Gasteiger charge is -2.09. The quantitative estimate of drug-likeness (QED) is 0.528. The Labute approximate surface area is 183 Å². The normalized spacial score (nSPS) is 15.9. The number of carbonyl (C=O) groups is 2. The van der Waals surface area contributed by atoms with Crippen LogP contribution >= 0.6 is 11.8 Å². The summed E-state index contributed by atoms with van der Waals surface area (Å²) in [6.45, 7) is 1.90. The lowest BCUT2D eigenvalue weighted by atomic mass is 10.0. The second kappa shape index (κ2) is 9.34. The average Bonchev–Trinajstić information content (AvgIpc) is 3.29. The number of nitrogens with one attached hydrogen (secondary N) is 1. The third-order valence-electron chi connectivity index (χ3n) is 5.00. The van der Waals surface area contributed by atoms with Gasteiger partial charge < -0.3 is 14.5 Å². The second-order valence-corrected chi connectivity index (χ2v) is 8.22. The third kappa shape index (κ3) is 5.14. The van der Waals surface area contributed by atoms with E-state index in [0.29, 0.717) is 48.4 Å². The topological polar surface area (TPSA) is 81.4 Å². The van der Waals surface area contributed by atoms with Crippen LogP contribution < -0.4 is 10.1 Å². The van der Waals surface area contributed by atoms with E-state index in [9.17, 15) is 14.0 Å². The fraction of sp³-hybridized carbons (Fsp3) is 0.261. The van der Waals surface area contributed by atoms with Crippen molar-refractivity contribution >= 4 is 22.1 Å². The molecule has 1 amide bonds. The van der Waals surface area contributed by atoms with Crippen LogP contribution in [0.25, 0.3) is 11.5 Å². The van der Waals surface area contributed by atoms with Gasteiger partial charge in [-0.15, -0.1) is 0 Å². The number of aryl methyl sites for hydroxylation is 2. The van der Waals surface area contributed by atoms with Crippen molar-refractivity contribution in [2.24, 2.45) is 0 Å². The van der Waals surface area contributed by atoms with Crippen LogP contribution in [-0.4, -0.2) is 21.4 Å². The van der Waals surface area contributed by atoms with E-state index in [1.165, 1.54) is 6.07 Å². The molecule has 0 aliphatic carbocycles. The van der Waals surface area contributed by atoms with Gasteiger partial charge >= 0.3 is 0 Å². The molecule has 4 rings (SSSR count). The van der Waals surface area contributed by atoms with Gasteiger partial charge in [-0.1, -0.05) is 24.3 Å². The molecule has 1 aromatic heterocycles. The smallest absolute Gasteiger partial charge is 0.287 e. The van der Waals surface area contributed by atoms with Gasteiger partial charge in [-0.3, -0.25) is 9.59 Å². The summed E-state index contributed by atoms with van der Waals surface area (Å²) in [6, 6.07) is 13.9. The molecule has 1 saturated heterocycles. The number of rotatable bonds is 8. The number of hydrogen-bond acceptors (Lipinski definition) is 6. The number of benzene rings is 2. The Balaban J connectivity index is 1.32. The first-order chi connectivity index (χ1) is 15.0. The van der Waals surface area contributed by atoms with Crippen LogP contribution in [0.1, 0.15) is 29.9 Å². The summed E-state index contributed by atoms with van der Waals surface area (Å²) in [4.78, 5) is 27.3. The number of amides is 1.